The number of carboxylic acid groups (broad SMARTS) is 1. The Morgan fingerprint density at radius 1 is 1.50 bits per heavy atom. The molecule has 0 saturated heterocycles. The lowest BCUT2D eigenvalue weighted by atomic mass is 10.1. The van der Waals surface area contributed by atoms with Crippen LogP contribution in [-0.4, -0.2) is 40.5 Å². The molecule has 7 heteroatoms. The Bertz CT molecular complexity index is 523. The van der Waals surface area contributed by atoms with Crippen molar-refractivity contribution in [2.75, 3.05) is 19.0 Å². The fraction of sp³-hybridized carbons (Fsp3) is 0.615. The minimum absolute atomic E-state index is 0.292. The Labute approximate surface area is 116 Å². The summed E-state index contributed by atoms with van der Waals surface area (Å²) in [6.07, 6.45) is 1.74. The summed E-state index contributed by atoms with van der Waals surface area (Å²) >= 11 is 0. The Balaban J connectivity index is 1.95. The number of ether oxygens (including phenoxy) is 1. The van der Waals surface area contributed by atoms with Crippen molar-refractivity contribution >= 4 is 17.7 Å². The van der Waals surface area contributed by atoms with Crippen LogP contribution >= 0.6 is 0 Å². The molecule has 2 atom stereocenters. The molecule has 0 spiro atoms. The lowest BCUT2D eigenvalue weighted by Gasteiger charge is -2.03. The molecule has 2 N–H and O–H groups in total. The van der Waals surface area contributed by atoms with E-state index < -0.39 is 23.2 Å². The second-order valence-corrected chi connectivity index (χ2v) is 5.56. The maximum Gasteiger partial charge on any atom is 0.307 e. The molecule has 0 aromatic carbocycles. The molecule has 7 nitrogen and oxygen atoms in total. The average Bonchev–Trinajstić information content (AvgIpc) is 2.72. The highest BCUT2D eigenvalue weighted by Crippen LogP contribution is 2.58. The number of hydrogen-bond donors (Lipinski definition) is 2. The average molecular weight is 281 g/mol. The largest absolute Gasteiger partial charge is 0.481 e. The fourth-order valence-corrected chi connectivity index (χ4v) is 2.53. The second-order valence-electron chi connectivity index (χ2n) is 5.56. The summed E-state index contributed by atoms with van der Waals surface area (Å²) in [7, 11) is 1.60. The highest BCUT2D eigenvalue weighted by atomic mass is 16.5. The maximum atomic E-state index is 12.1. The predicted molar refractivity (Wildman–Crippen MR) is 71.1 cm³/mol. The van der Waals surface area contributed by atoms with Gasteiger partial charge in [0, 0.05) is 19.4 Å². The van der Waals surface area contributed by atoms with E-state index in [2.05, 4.69) is 10.4 Å². The van der Waals surface area contributed by atoms with Crippen LogP contribution in [0, 0.1) is 17.3 Å². The van der Waals surface area contributed by atoms with Gasteiger partial charge in [-0.2, -0.15) is 5.10 Å². The number of anilines is 1. The standard InChI is InChI=1S/C13H19N3O4/c1-13(2)9(10(13)12(18)19)11(17)14-8-4-5-16(15-8)6-7-20-3/h4-5,9-10H,6-7H2,1-3H3,(H,18,19)(H,14,15,17)/t9-,10+/m0/s1. The number of aromatic nitrogens is 2. The molecule has 1 aromatic heterocycles. The number of methoxy groups -OCH3 is 1. The lowest BCUT2D eigenvalue weighted by Crippen LogP contribution is -2.18. The van der Waals surface area contributed by atoms with E-state index in [0.29, 0.717) is 19.0 Å². The van der Waals surface area contributed by atoms with Gasteiger partial charge >= 0.3 is 5.97 Å². The first-order valence-corrected chi connectivity index (χ1v) is 6.44. The monoisotopic (exact) mass is 281 g/mol. The van der Waals surface area contributed by atoms with E-state index in [1.807, 2.05) is 0 Å². The van der Waals surface area contributed by atoms with E-state index in [4.69, 9.17) is 9.84 Å². The molecule has 2 rings (SSSR count). The van der Waals surface area contributed by atoms with Crippen LogP contribution in [0.3, 0.4) is 0 Å². The van der Waals surface area contributed by atoms with E-state index in [-0.39, 0.29) is 5.91 Å². The molecule has 1 aliphatic rings. The zero-order valence-corrected chi connectivity index (χ0v) is 11.8. The number of carbonyl (C=O) groups is 2. The molecule has 1 saturated carbocycles. The fourth-order valence-electron chi connectivity index (χ4n) is 2.53. The van der Waals surface area contributed by atoms with Crippen molar-refractivity contribution in [2.24, 2.45) is 17.3 Å². The summed E-state index contributed by atoms with van der Waals surface area (Å²) in [5, 5.41) is 15.9. The predicted octanol–water partition coefficient (Wildman–Crippen LogP) is 0.825. The van der Waals surface area contributed by atoms with E-state index in [1.54, 1.807) is 37.9 Å². The topological polar surface area (TPSA) is 93.5 Å². The van der Waals surface area contributed by atoms with Crippen LogP contribution in [0.1, 0.15) is 13.8 Å². The van der Waals surface area contributed by atoms with E-state index in [0.717, 1.165) is 0 Å². The van der Waals surface area contributed by atoms with Crippen LogP contribution in [-0.2, 0) is 20.9 Å². The molecule has 1 heterocycles. The van der Waals surface area contributed by atoms with Crippen molar-refractivity contribution in [3.05, 3.63) is 12.3 Å². The van der Waals surface area contributed by atoms with Crippen LogP contribution in [0.25, 0.3) is 0 Å². The summed E-state index contributed by atoms with van der Waals surface area (Å²) in [5.74, 6) is -1.93. The first-order valence-electron chi connectivity index (χ1n) is 6.44. The molecule has 1 aliphatic carbocycles. The van der Waals surface area contributed by atoms with Gasteiger partial charge in [-0.3, -0.25) is 14.3 Å². The summed E-state index contributed by atoms with van der Waals surface area (Å²) < 4.78 is 6.60. The van der Waals surface area contributed by atoms with Crippen LogP contribution in [0.15, 0.2) is 12.3 Å². The molecular weight excluding hydrogens is 262 g/mol. The van der Waals surface area contributed by atoms with Gasteiger partial charge < -0.3 is 15.2 Å². The first-order chi connectivity index (χ1) is 9.37. The van der Waals surface area contributed by atoms with Gasteiger partial charge in [0.1, 0.15) is 0 Å². The zero-order chi connectivity index (χ0) is 14.9. The van der Waals surface area contributed by atoms with Crippen molar-refractivity contribution < 1.29 is 19.4 Å². The van der Waals surface area contributed by atoms with Crippen LogP contribution in [0.4, 0.5) is 5.82 Å². The van der Waals surface area contributed by atoms with Crippen LogP contribution in [0.2, 0.25) is 0 Å². The Kier molecular flexibility index (Phi) is 3.80. The third-order valence-electron chi connectivity index (χ3n) is 3.79. The summed E-state index contributed by atoms with van der Waals surface area (Å²) in [5.41, 5.74) is -0.505. The van der Waals surface area contributed by atoms with Gasteiger partial charge in [-0.25, -0.2) is 0 Å². The van der Waals surface area contributed by atoms with Crippen molar-refractivity contribution in [2.45, 2.75) is 20.4 Å². The van der Waals surface area contributed by atoms with Crippen LogP contribution in [0.5, 0.6) is 0 Å². The zero-order valence-electron chi connectivity index (χ0n) is 11.8. The molecule has 0 bridgehead atoms. The maximum absolute atomic E-state index is 12.1. The number of hydrogen-bond acceptors (Lipinski definition) is 4. The first kappa shape index (κ1) is 14.5. The van der Waals surface area contributed by atoms with Crippen molar-refractivity contribution in [1.29, 1.82) is 0 Å². The molecule has 0 radical (unpaired) electrons. The number of nitrogens with zero attached hydrogens (tertiary/aromatic N) is 2. The minimum atomic E-state index is -0.930. The number of rotatable bonds is 6. The van der Waals surface area contributed by atoms with Gasteiger partial charge in [-0.15, -0.1) is 0 Å². The number of aliphatic carboxylic acids is 1. The Morgan fingerprint density at radius 2 is 2.20 bits per heavy atom. The van der Waals surface area contributed by atoms with E-state index in [1.165, 1.54) is 0 Å². The highest BCUT2D eigenvalue weighted by molar-refractivity contribution is 5.99. The smallest absolute Gasteiger partial charge is 0.307 e. The van der Waals surface area contributed by atoms with Gasteiger partial charge in [0.15, 0.2) is 5.82 Å². The van der Waals surface area contributed by atoms with Gasteiger partial charge in [0.05, 0.1) is 25.0 Å². The van der Waals surface area contributed by atoms with Gasteiger partial charge in [0.2, 0.25) is 5.91 Å². The van der Waals surface area contributed by atoms with Gasteiger partial charge in [0.25, 0.3) is 0 Å². The van der Waals surface area contributed by atoms with Crippen LogP contribution < -0.4 is 5.32 Å². The summed E-state index contributed by atoms with van der Waals surface area (Å²) in [4.78, 5) is 23.1. The van der Waals surface area contributed by atoms with E-state index >= 15 is 0 Å². The molecule has 20 heavy (non-hydrogen) atoms. The third-order valence-corrected chi connectivity index (χ3v) is 3.79. The number of carboxylic acids is 1. The molecular formula is C13H19N3O4. The van der Waals surface area contributed by atoms with E-state index in [9.17, 15) is 9.59 Å². The summed E-state index contributed by atoms with van der Waals surface area (Å²) in [6, 6.07) is 1.68. The molecule has 110 valence electrons. The molecule has 1 fully saturated rings. The molecule has 1 amide bonds. The Hall–Kier alpha value is -1.89. The number of amides is 1. The quantitative estimate of drug-likeness (QED) is 0.805. The third kappa shape index (κ3) is 2.67. The lowest BCUT2D eigenvalue weighted by molar-refractivity contribution is -0.140. The van der Waals surface area contributed by atoms with Gasteiger partial charge in [-0.05, 0) is 5.41 Å². The highest BCUT2D eigenvalue weighted by Gasteiger charge is 2.65. The van der Waals surface area contributed by atoms with Crippen molar-refractivity contribution in [1.82, 2.24) is 9.78 Å². The van der Waals surface area contributed by atoms with Crippen molar-refractivity contribution in [3.8, 4) is 0 Å². The number of nitrogens with one attached hydrogen (secondary N) is 1. The minimum Gasteiger partial charge on any atom is -0.481 e. The normalized spacial score (nSPS) is 23.4. The molecule has 0 unspecified atom stereocenters. The molecule has 1 aromatic rings. The number of carbonyl (C=O) groups excluding carboxylic acids is 1. The second kappa shape index (κ2) is 5.24. The SMILES string of the molecule is COCCn1ccc(NC(=O)[C@@H]2[C@H](C(=O)O)C2(C)C)n1. The van der Waals surface area contributed by atoms with Crippen molar-refractivity contribution in [3.63, 3.8) is 0 Å². The Morgan fingerprint density at radius 3 is 2.75 bits per heavy atom. The molecule has 0 aliphatic heterocycles. The van der Waals surface area contributed by atoms with Gasteiger partial charge in [-0.1, -0.05) is 13.8 Å². The summed E-state index contributed by atoms with van der Waals surface area (Å²) in [6.45, 7) is 4.70.